The summed E-state index contributed by atoms with van der Waals surface area (Å²) >= 11 is 0. The number of carbonyl (C=O) groups excluding carboxylic acids is 1. The summed E-state index contributed by atoms with van der Waals surface area (Å²) in [6.45, 7) is 1.76. The summed E-state index contributed by atoms with van der Waals surface area (Å²) in [5.74, 6) is 0.103. The molecular weight excluding hydrogens is 242 g/mol. The SMILES string of the molecule is NC[C@@H]1CCCCN1C(=O)CCn1ccccc1=O. The van der Waals surface area contributed by atoms with Gasteiger partial charge < -0.3 is 15.2 Å². The number of hydrogen-bond donors (Lipinski definition) is 1. The maximum atomic E-state index is 12.2. The van der Waals surface area contributed by atoms with E-state index >= 15 is 0 Å². The van der Waals surface area contributed by atoms with Crippen molar-refractivity contribution in [2.75, 3.05) is 13.1 Å². The lowest BCUT2D eigenvalue weighted by Gasteiger charge is -2.35. The van der Waals surface area contributed by atoms with E-state index in [4.69, 9.17) is 5.73 Å². The van der Waals surface area contributed by atoms with Crippen LogP contribution in [-0.2, 0) is 11.3 Å². The van der Waals surface area contributed by atoms with Crippen molar-refractivity contribution in [3.8, 4) is 0 Å². The molecule has 0 spiro atoms. The molecule has 1 saturated heterocycles. The number of carbonyl (C=O) groups is 1. The molecule has 5 heteroatoms. The summed E-state index contributed by atoms with van der Waals surface area (Å²) in [4.78, 5) is 25.6. The van der Waals surface area contributed by atoms with Crippen LogP contribution in [0.3, 0.4) is 0 Å². The third-order valence-electron chi connectivity index (χ3n) is 3.69. The second kappa shape index (κ2) is 6.52. The number of amides is 1. The van der Waals surface area contributed by atoms with Gasteiger partial charge in [-0.1, -0.05) is 6.07 Å². The normalized spacial score (nSPS) is 19.4. The zero-order valence-electron chi connectivity index (χ0n) is 11.1. The van der Waals surface area contributed by atoms with E-state index in [-0.39, 0.29) is 17.5 Å². The Hall–Kier alpha value is -1.62. The summed E-state index contributed by atoms with van der Waals surface area (Å²) in [5, 5.41) is 0. The number of likely N-dealkylation sites (tertiary alicyclic amines) is 1. The Morgan fingerprint density at radius 3 is 2.95 bits per heavy atom. The number of aryl methyl sites for hydroxylation is 1. The lowest BCUT2D eigenvalue weighted by Crippen LogP contribution is -2.47. The molecule has 1 aromatic heterocycles. The molecule has 0 aliphatic carbocycles. The maximum Gasteiger partial charge on any atom is 0.250 e. The van der Waals surface area contributed by atoms with Gasteiger partial charge in [-0.2, -0.15) is 0 Å². The van der Waals surface area contributed by atoms with Crippen molar-refractivity contribution in [2.45, 2.75) is 38.3 Å². The van der Waals surface area contributed by atoms with E-state index in [0.29, 0.717) is 19.5 Å². The molecule has 0 unspecified atom stereocenters. The average molecular weight is 263 g/mol. The van der Waals surface area contributed by atoms with E-state index in [2.05, 4.69) is 0 Å². The quantitative estimate of drug-likeness (QED) is 0.864. The molecule has 0 saturated carbocycles. The number of piperidine rings is 1. The van der Waals surface area contributed by atoms with Gasteiger partial charge in [-0.05, 0) is 25.3 Å². The molecule has 1 aliphatic rings. The van der Waals surface area contributed by atoms with E-state index in [1.807, 2.05) is 4.90 Å². The molecule has 2 heterocycles. The van der Waals surface area contributed by atoms with Crippen molar-refractivity contribution in [3.63, 3.8) is 0 Å². The number of hydrogen-bond acceptors (Lipinski definition) is 3. The first-order valence-corrected chi connectivity index (χ1v) is 6.87. The van der Waals surface area contributed by atoms with Gasteiger partial charge in [0.15, 0.2) is 0 Å². The Kier molecular flexibility index (Phi) is 4.74. The highest BCUT2D eigenvalue weighted by atomic mass is 16.2. The molecule has 1 amide bonds. The minimum absolute atomic E-state index is 0.0654. The van der Waals surface area contributed by atoms with Gasteiger partial charge >= 0.3 is 0 Å². The number of aromatic nitrogens is 1. The monoisotopic (exact) mass is 263 g/mol. The topological polar surface area (TPSA) is 68.3 Å². The standard InChI is InChI=1S/C14H21N3O2/c15-11-12-5-1-4-9-17(12)14(19)7-10-16-8-3-2-6-13(16)18/h2-3,6,8,12H,1,4-5,7,9-11,15H2/t12-/m0/s1. The fourth-order valence-electron chi connectivity index (χ4n) is 2.58. The number of nitrogens with two attached hydrogens (primary N) is 1. The highest BCUT2D eigenvalue weighted by molar-refractivity contribution is 5.76. The van der Waals surface area contributed by atoms with Crippen LogP contribution in [0.4, 0.5) is 0 Å². The second-order valence-electron chi connectivity index (χ2n) is 4.95. The van der Waals surface area contributed by atoms with Crippen LogP contribution in [0.2, 0.25) is 0 Å². The molecule has 0 bridgehead atoms. The van der Waals surface area contributed by atoms with Gasteiger partial charge in [0.2, 0.25) is 5.91 Å². The number of nitrogens with zero attached hydrogens (tertiary/aromatic N) is 2. The van der Waals surface area contributed by atoms with E-state index in [1.165, 1.54) is 6.07 Å². The summed E-state index contributed by atoms with van der Waals surface area (Å²) in [5.41, 5.74) is 5.65. The molecule has 1 aliphatic heterocycles. The lowest BCUT2D eigenvalue weighted by molar-refractivity contribution is -0.134. The van der Waals surface area contributed by atoms with E-state index in [9.17, 15) is 9.59 Å². The molecule has 5 nitrogen and oxygen atoms in total. The Balaban J connectivity index is 1.94. The fraction of sp³-hybridized carbons (Fsp3) is 0.571. The summed E-state index contributed by atoms with van der Waals surface area (Å²) in [7, 11) is 0. The predicted molar refractivity (Wildman–Crippen MR) is 73.7 cm³/mol. The van der Waals surface area contributed by atoms with Crippen LogP contribution in [0.15, 0.2) is 29.2 Å². The van der Waals surface area contributed by atoms with E-state index in [0.717, 1.165) is 25.8 Å². The smallest absolute Gasteiger partial charge is 0.250 e. The summed E-state index contributed by atoms with van der Waals surface area (Å²) < 4.78 is 1.57. The van der Waals surface area contributed by atoms with Crippen LogP contribution in [0.5, 0.6) is 0 Å². The molecule has 0 radical (unpaired) electrons. The number of pyridine rings is 1. The highest BCUT2D eigenvalue weighted by Gasteiger charge is 2.24. The van der Waals surface area contributed by atoms with E-state index < -0.39 is 0 Å². The van der Waals surface area contributed by atoms with Crippen molar-refractivity contribution in [1.29, 1.82) is 0 Å². The molecule has 104 valence electrons. The Morgan fingerprint density at radius 2 is 2.21 bits per heavy atom. The van der Waals surface area contributed by atoms with Gasteiger partial charge in [0.25, 0.3) is 5.56 Å². The van der Waals surface area contributed by atoms with Crippen LogP contribution in [0, 0.1) is 0 Å². The Morgan fingerprint density at radius 1 is 1.37 bits per heavy atom. The summed E-state index contributed by atoms with van der Waals surface area (Å²) in [6.07, 6.45) is 5.26. The first kappa shape index (κ1) is 13.8. The fourth-order valence-corrected chi connectivity index (χ4v) is 2.58. The average Bonchev–Trinajstić information content (AvgIpc) is 2.46. The second-order valence-corrected chi connectivity index (χ2v) is 4.95. The van der Waals surface area contributed by atoms with Crippen LogP contribution in [-0.4, -0.2) is 34.5 Å². The molecular formula is C14H21N3O2. The zero-order valence-corrected chi connectivity index (χ0v) is 11.1. The predicted octanol–water partition coefficient (Wildman–Crippen LogP) is 0.578. The van der Waals surface area contributed by atoms with Crippen LogP contribution in [0.1, 0.15) is 25.7 Å². The minimum atomic E-state index is -0.0654. The van der Waals surface area contributed by atoms with E-state index in [1.54, 1.807) is 22.9 Å². The highest BCUT2D eigenvalue weighted by Crippen LogP contribution is 2.17. The van der Waals surface area contributed by atoms with Crippen molar-refractivity contribution in [2.24, 2.45) is 5.73 Å². The van der Waals surface area contributed by atoms with Crippen LogP contribution in [0.25, 0.3) is 0 Å². The van der Waals surface area contributed by atoms with Crippen LogP contribution < -0.4 is 11.3 Å². The molecule has 1 aromatic rings. The zero-order chi connectivity index (χ0) is 13.7. The third kappa shape index (κ3) is 3.44. The van der Waals surface area contributed by atoms with Crippen molar-refractivity contribution in [1.82, 2.24) is 9.47 Å². The summed E-state index contributed by atoms with van der Waals surface area (Å²) in [6, 6.07) is 5.19. The van der Waals surface area contributed by atoms with Crippen molar-refractivity contribution < 1.29 is 4.79 Å². The first-order chi connectivity index (χ1) is 9.22. The van der Waals surface area contributed by atoms with Gasteiger partial charge in [-0.3, -0.25) is 9.59 Å². The van der Waals surface area contributed by atoms with Gasteiger partial charge in [-0.15, -0.1) is 0 Å². The van der Waals surface area contributed by atoms with Gasteiger partial charge in [0.1, 0.15) is 0 Å². The first-order valence-electron chi connectivity index (χ1n) is 6.87. The van der Waals surface area contributed by atoms with Gasteiger partial charge in [0, 0.05) is 44.4 Å². The molecule has 2 N–H and O–H groups in total. The molecule has 19 heavy (non-hydrogen) atoms. The van der Waals surface area contributed by atoms with Crippen molar-refractivity contribution >= 4 is 5.91 Å². The third-order valence-corrected chi connectivity index (χ3v) is 3.69. The Labute approximate surface area is 113 Å². The van der Waals surface area contributed by atoms with Crippen molar-refractivity contribution in [3.05, 3.63) is 34.7 Å². The minimum Gasteiger partial charge on any atom is -0.338 e. The Bertz CT molecular complexity index is 484. The van der Waals surface area contributed by atoms with Gasteiger partial charge in [-0.25, -0.2) is 0 Å². The number of rotatable bonds is 4. The van der Waals surface area contributed by atoms with Crippen LogP contribution >= 0.6 is 0 Å². The largest absolute Gasteiger partial charge is 0.338 e. The maximum absolute atomic E-state index is 12.2. The molecule has 1 atom stereocenters. The molecule has 2 rings (SSSR count). The van der Waals surface area contributed by atoms with Gasteiger partial charge in [0.05, 0.1) is 0 Å². The lowest BCUT2D eigenvalue weighted by atomic mass is 10.0. The molecule has 1 fully saturated rings. The molecule has 0 aromatic carbocycles.